The SMILES string of the molecule is C.C.c1ccc(-c2c3ccccc3c(-c3ccc4ccc(-c5cccc6c5c5ccccc5n6-c5ccccc5)cc4c3)c3ccccc23)cc1.c1ccc2cc(-c3ccc4ccc(-c5c6ccccc6c(-c6cc7ccccc7c7ccccc67)c6ccccc56)cc4c3)ccc2c1.c1ccc2cc(-c3ccc4ccc(-c5c6ccccc6c(-c6cccc7ccccc67)c6ccccc56)cc4c3)ccc2c1. The van der Waals surface area contributed by atoms with E-state index in [9.17, 15) is 0 Å². The van der Waals surface area contributed by atoms with Crippen LogP contribution in [0.25, 0.3) is 278 Å². The summed E-state index contributed by atoms with van der Waals surface area (Å²) in [6.07, 6.45) is 0. The van der Waals surface area contributed by atoms with E-state index >= 15 is 0 Å². The summed E-state index contributed by atoms with van der Waals surface area (Å²) in [4.78, 5) is 0. The lowest BCUT2D eigenvalue weighted by atomic mass is 9.83. The van der Waals surface area contributed by atoms with Crippen LogP contribution in [0.3, 0.4) is 0 Å². The Morgan fingerprint density at radius 3 is 0.818 bits per heavy atom. The van der Waals surface area contributed by atoms with Crippen LogP contribution >= 0.6 is 0 Å². The molecule has 29 rings (SSSR count). The summed E-state index contributed by atoms with van der Waals surface area (Å²) in [7, 11) is 0. The van der Waals surface area contributed by atoms with Gasteiger partial charge in [0.1, 0.15) is 0 Å². The van der Waals surface area contributed by atoms with Gasteiger partial charge in [0.05, 0.1) is 11.0 Å². The molecule has 29 aromatic rings. The monoisotopic (exact) mass is 1820 g/mol. The Hall–Kier alpha value is -18.4. The lowest BCUT2D eigenvalue weighted by Crippen LogP contribution is -1.92. The molecule has 0 atom stereocenters. The summed E-state index contributed by atoms with van der Waals surface area (Å²) in [6.45, 7) is 0. The normalized spacial score (nSPS) is 11.5. The second kappa shape index (κ2) is 36.2. The molecule has 0 saturated carbocycles. The molecule has 0 radical (unpaired) electrons. The van der Waals surface area contributed by atoms with Crippen LogP contribution in [0.2, 0.25) is 0 Å². The molecule has 0 aliphatic carbocycles. The lowest BCUT2D eigenvalue weighted by Gasteiger charge is -2.20. The van der Waals surface area contributed by atoms with Crippen molar-refractivity contribution in [1.82, 2.24) is 4.57 Å². The molecule has 0 spiro atoms. The Kier molecular flexibility index (Phi) is 21.8. The van der Waals surface area contributed by atoms with Gasteiger partial charge in [0.25, 0.3) is 0 Å². The van der Waals surface area contributed by atoms with Crippen LogP contribution in [0.4, 0.5) is 0 Å². The van der Waals surface area contributed by atoms with Crippen LogP contribution in [0.5, 0.6) is 0 Å². The standard InChI is InChI=1S/C48H31N.C48H30.C44H28.2CH4/c1-3-14-33(15-4-1)46-39-18-7-9-20-41(39)47(42-21-10-8-19-40(42)46)35-29-27-32-26-28-34(30-36(32)31-35)38-23-13-25-45-48(38)43-22-11-12-24-44(43)49(45)37-16-5-2-6-17-37;1-2-12-33-27-34(24-21-31(33)11-1)35-25-22-32-23-26-37(29-38(32)28-35)47-42-17-7-9-19-44(42)48(45-20-10-8-18-43(45)47)46-30-36-13-3-4-14-39(36)40-15-5-6-16-41(40)46;1-2-12-32-26-33(23-20-29(32)10-1)34-24-21-30-22-25-35(28-36(30)27-34)43-39-15-5-7-17-41(39)44(42-18-8-6-16-40(42)43)38-19-9-13-31-11-3-4-14-37(31)38;;/h1-31H;1-30H;1-28H;2*1H4. The lowest BCUT2D eigenvalue weighted by molar-refractivity contribution is 1.18. The van der Waals surface area contributed by atoms with Gasteiger partial charge in [-0.3, -0.25) is 0 Å². The molecule has 1 nitrogen and oxygen atoms in total. The Bertz CT molecular complexity index is 9960. The maximum atomic E-state index is 2.40. The molecule has 0 aliphatic rings. The molecule has 0 bridgehead atoms. The number of hydrogen-bond acceptors (Lipinski definition) is 0. The molecule has 0 N–H and O–H groups in total. The van der Waals surface area contributed by atoms with E-state index in [1.165, 1.54) is 278 Å². The number of hydrogen-bond donors (Lipinski definition) is 0. The van der Waals surface area contributed by atoms with Crippen LogP contribution < -0.4 is 0 Å². The van der Waals surface area contributed by atoms with Crippen molar-refractivity contribution >= 4 is 173 Å². The number of rotatable bonds is 10. The molecule has 670 valence electrons. The van der Waals surface area contributed by atoms with Crippen LogP contribution in [0.15, 0.2) is 540 Å². The van der Waals surface area contributed by atoms with E-state index in [2.05, 4.69) is 544 Å². The molecular formula is C142H97N. The van der Waals surface area contributed by atoms with Crippen molar-refractivity contribution in [2.24, 2.45) is 0 Å². The fourth-order valence-electron chi connectivity index (χ4n) is 23.1. The first-order chi connectivity index (χ1) is 69.9. The van der Waals surface area contributed by atoms with E-state index in [1.54, 1.807) is 0 Å². The van der Waals surface area contributed by atoms with Gasteiger partial charge < -0.3 is 4.57 Å². The molecule has 0 fully saturated rings. The van der Waals surface area contributed by atoms with Crippen molar-refractivity contribution in [3.05, 3.63) is 540 Å². The van der Waals surface area contributed by atoms with Gasteiger partial charge >= 0.3 is 0 Å². The predicted octanol–water partition coefficient (Wildman–Crippen LogP) is 40.6. The van der Waals surface area contributed by atoms with Crippen molar-refractivity contribution in [2.75, 3.05) is 0 Å². The van der Waals surface area contributed by atoms with E-state index in [-0.39, 0.29) is 14.9 Å². The first kappa shape index (κ1) is 86.2. The van der Waals surface area contributed by atoms with Gasteiger partial charge in [-0.05, 0) is 330 Å². The summed E-state index contributed by atoms with van der Waals surface area (Å²) < 4.78 is 2.39. The molecule has 1 heterocycles. The zero-order chi connectivity index (χ0) is 93.0. The van der Waals surface area contributed by atoms with Crippen molar-refractivity contribution in [1.29, 1.82) is 0 Å². The topological polar surface area (TPSA) is 4.93 Å². The van der Waals surface area contributed by atoms with E-state index < -0.39 is 0 Å². The Balaban J connectivity index is 0.000000112. The summed E-state index contributed by atoms with van der Waals surface area (Å²) in [5.74, 6) is 0. The highest BCUT2D eigenvalue weighted by Gasteiger charge is 2.25. The average molecular weight is 1820 g/mol. The molecule has 0 unspecified atom stereocenters. The first-order valence-corrected chi connectivity index (χ1v) is 48.9. The highest BCUT2D eigenvalue weighted by atomic mass is 15.0. The van der Waals surface area contributed by atoms with Crippen molar-refractivity contribution < 1.29 is 0 Å². The van der Waals surface area contributed by atoms with Gasteiger partial charge in [-0.2, -0.15) is 0 Å². The van der Waals surface area contributed by atoms with Gasteiger partial charge in [-0.1, -0.05) is 476 Å². The average Bonchev–Trinajstić information content (AvgIpc) is 1.11. The Labute approximate surface area is 831 Å². The fourth-order valence-corrected chi connectivity index (χ4v) is 23.1. The van der Waals surface area contributed by atoms with Gasteiger partial charge in [0, 0.05) is 16.5 Å². The summed E-state index contributed by atoms with van der Waals surface area (Å²) in [5, 5.41) is 38.1. The smallest absolute Gasteiger partial charge is 0.0547 e. The fraction of sp³-hybridized carbons (Fsp3) is 0.0141. The second-order valence-electron chi connectivity index (χ2n) is 37.4. The van der Waals surface area contributed by atoms with Crippen molar-refractivity contribution in [3.8, 4) is 106 Å². The molecule has 143 heavy (non-hydrogen) atoms. The maximum Gasteiger partial charge on any atom is 0.0547 e. The van der Waals surface area contributed by atoms with Gasteiger partial charge in [0.15, 0.2) is 0 Å². The summed E-state index contributed by atoms with van der Waals surface area (Å²) >= 11 is 0. The zero-order valence-corrected chi connectivity index (χ0v) is 77.3. The Morgan fingerprint density at radius 2 is 0.378 bits per heavy atom. The second-order valence-corrected chi connectivity index (χ2v) is 37.4. The molecular weight excluding hydrogens is 1720 g/mol. The third-order valence-corrected chi connectivity index (χ3v) is 29.5. The number of benzene rings is 28. The quantitative estimate of drug-likeness (QED) is 0.0950. The predicted molar refractivity (Wildman–Crippen MR) is 621 cm³/mol. The maximum absolute atomic E-state index is 2.40. The summed E-state index contributed by atoms with van der Waals surface area (Å²) in [5.41, 5.74) is 26.3. The largest absolute Gasteiger partial charge is 0.309 e. The molecule has 1 heteroatoms. The van der Waals surface area contributed by atoms with Crippen LogP contribution in [-0.2, 0) is 0 Å². The minimum Gasteiger partial charge on any atom is -0.309 e. The molecule has 1 aromatic heterocycles. The first-order valence-electron chi connectivity index (χ1n) is 48.9. The minimum absolute atomic E-state index is 0. The highest BCUT2D eigenvalue weighted by Crippen LogP contribution is 2.52. The van der Waals surface area contributed by atoms with Crippen LogP contribution in [0.1, 0.15) is 14.9 Å². The number of nitrogens with zero attached hydrogens (tertiary/aromatic N) is 1. The number of aromatic nitrogens is 1. The third-order valence-electron chi connectivity index (χ3n) is 29.5. The van der Waals surface area contributed by atoms with Crippen molar-refractivity contribution in [3.63, 3.8) is 0 Å². The van der Waals surface area contributed by atoms with Crippen LogP contribution in [-0.4, -0.2) is 4.57 Å². The van der Waals surface area contributed by atoms with Gasteiger partial charge in [-0.25, -0.2) is 0 Å². The van der Waals surface area contributed by atoms with E-state index in [0.29, 0.717) is 0 Å². The summed E-state index contributed by atoms with van der Waals surface area (Å²) in [6, 6.07) is 198. The molecule has 0 aliphatic heterocycles. The van der Waals surface area contributed by atoms with Gasteiger partial charge in [-0.15, -0.1) is 0 Å². The van der Waals surface area contributed by atoms with E-state index in [0.717, 1.165) is 0 Å². The molecule has 0 saturated heterocycles. The number of para-hydroxylation sites is 2. The van der Waals surface area contributed by atoms with E-state index in [4.69, 9.17) is 0 Å². The van der Waals surface area contributed by atoms with Crippen molar-refractivity contribution in [2.45, 2.75) is 14.9 Å². The molecule has 0 amide bonds. The van der Waals surface area contributed by atoms with Crippen LogP contribution in [0, 0.1) is 0 Å². The third kappa shape index (κ3) is 15.0. The Morgan fingerprint density at radius 1 is 0.112 bits per heavy atom. The number of fused-ring (bicyclic) bond motifs is 18. The highest BCUT2D eigenvalue weighted by molar-refractivity contribution is 6.29. The molecule has 28 aromatic carbocycles. The van der Waals surface area contributed by atoms with Gasteiger partial charge in [0.2, 0.25) is 0 Å². The minimum atomic E-state index is 0. The van der Waals surface area contributed by atoms with E-state index in [1.807, 2.05) is 0 Å². The zero-order valence-electron chi connectivity index (χ0n) is 77.3.